The second kappa shape index (κ2) is 4.42. The Balaban J connectivity index is 2.22. The smallest absolute Gasteiger partial charge is 0.126 e. The fraction of sp³-hybridized carbons (Fsp3) is 0.333. The Hall–Kier alpha value is -1.67. The summed E-state index contributed by atoms with van der Waals surface area (Å²) in [7, 11) is 0. The van der Waals surface area contributed by atoms with Crippen LogP contribution in [0, 0.1) is 26.6 Å². The average molecular weight is 270 g/mol. The van der Waals surface area contributed by atoms with E-state index in [0.29, 0.717) is 18.4 Å². The van der Waals surface area contributed by atoms with Crippen molar-refractivity contribution < 1.29 is 9.50 Å². The van der Waals surface area contributed by atoms with Crippen LogP contribution in [0.4, 0.5) is 4.39 Å². The molecule has 1 N–H and O–H groups in total. The lowest BCUT2D eigenvalue weighted by Crippen LogP contribution is -2.25. The summed E-state index contributed by atoms with van der Waals surface area (Å²) in [5.41, 5.74) is 4.67. The molecule has 2 heteroatoms. The van der Waals surface area contributed by atoms with Crippen molar-refractivity contribution in [3.63, 3.8) is 0 Å². The third kappa shape index (κ3) is 1.79. The predicted molar refractivity (Wildman–Crippen MR) is 78.4 cm³/mol. The Labute approximate surface area is 119 Å². The van der Waals surface area contributed by atoms with Crippen LogP contribution in [0.25, 0.3) is 0 Å². The molecule has 104 valence electrons. The van der Waals surface area contributed by atoms with Crippen LogP contribution >= 0.6 is 0 Å². The predicted octanol–water partition coefficient (Wildman–Crippen LogP) is 3.93. The highest BCUT2D eigenvalue weighted by Gasteiger charge is 2.40. The van der Waals surface area contributed by atoms with E-state index in [4.69, 9.17) is 0 Å². The average Bonchev–Trinajstić information content (AvgIpc) is 2.74. The lowest BCUT2D eigenvalue weighted by molar-refractivity contribution is 0.0822. The molecule has 20 heavy (non-hydrogen) atoms. The normalized spacial score (nSPS) is 21.1. The van der Waals surface area contributed by atoms with E-state index in [1.807, 2.05) is 26.0 Å². The van der Waals surface area contributed by atoms with Crippen molar-refractivity contribution in [1.29, 1.82) is 0 Å². The van der Waals surface area contributed by atoms with Crippen molar-refractivity contribution in [3.8, 4) is 0 Å². The van der Waals surface area contributed by atoms with Crippen molar-refractivity contribution >= 4 is 0 Å². The maximum atomic E-state index is 13.9. The standard InChI is InChI=1S/C18H19FO/c1-11-9-13(3)16(10-12(11)2)18(20)8-7-14-15(18)5-4-6-17(14)19/h4-6,9-10,20H,7-8H2,1-3H3. The van der Waals surface area contributed by atoms with E-state index in [0.717, 1.165) is 22.3 Å². The molecular formula is C18H19FO. The Morgan fingerprint density at radius 2 is 1.70 bits per heavy atom. The quantitative estimate of drug-likeness (QED) is 0.832. The maximum absolute atomic E-state index is 13.9. The fourth-order valence-corrected chi connectivity index (χ4v) is 3.33. The second-order valence-corrected chi connectivity index (χ2v) is 5.88. The molecule has 0 fully saturated rings. The van der Waals surface area contributed by atoms with Crippen molar-refractivity contribution in [1.82, 2.24) is 0 Å². The summed E-state index contributed by atoms with van der Waals surface area (Å²) in [6.07, 6.45) is 1.14. The van der Waals surface area contributed by atoms with Gasteiger partial charge in [-0.05, 0) is 73.1 Å². The first-order chi connectivity index (χ1) is 9.43. The van der Waals surface area contributed by atoms with Gasteiger partial charge >= 0.3 is 0 Å². The van der Waals surface area contributed by atoms with Crippen LogP contribution in [0.3, 0.4) is 0 Å². The molecule has 1 unspecified atom stereocenters. The van der Waals surface area contributed by atoms with Crippen LogP contribution < -0.4 is 0 Å². The maximum Gasteiger partial charge on any atom is 0.126 e. The van der Waals surface area contributed by atoms with Crippen LogP contribution in [-0.2, 0) is 12.0 Å². The van der Waals surface area contributed by atoms with E-state index >= 15 is 0 Å². The van der Waals surface area contributed by atoms with E-state index in [-0.39, 0.29) is 5.82 Å². The molecule has 2 aromatic carbocycles. The number of rotatable bonds is 1. The highest BCUT2D eigenvalue weighted by atomic mass is 19.1. The summed E-state index contributed by atoms with van der Waals surface area (Å²) < 4.78 is 13.9. The summed E-state index contributed by atoms with van der Waals surface area (Å²) in [6.45, 7) is 6.12. The van der Waals surface area contributed by atoms with Crippen LogP contribution in [0.5, 0.6) is 0 Å². The molecule has 0 saturated carbocycles. The van der Waals surface area contributed by atoms with E-state index in [1.54, 1.807) is 6.07 Å². The minimum atomic E-state index is -1.06. The Morgan fingerprint density at radius 3 is 2.45 bits per heavy atom. The molecule has 0 radical (unpaired) electrons. The number of benzene rings is 2. The minimum Gasteiger partial charge on any atom is -0.380 e. The van der Waals surface area contributed by atoms with E-state index in [1.165, 1.54) is 11.6 Å². The third-order valence-electron chi connectivity index (χ3n) is 4.59. The van der Waals surface area contributed by atoms with Crippen LogP contribution in [-0.4, -0.2) is 5.11 Å². The third-order valence-corrected chi connectivity index (χ3v) is 4.59. The number of fused-ring (bicyclic) bond motifs is 1. The summed E-state index contributed by atoms with van der Waals surface area (Å²) >= 11 is 0. The van der Waals surface area contributed by atoms with E-state index in [2.05, 4.69) is 13.0 Å². The Bertz CT molecular complexity index is 690. The number of hydrogen-bond donors (Lipinski definition) is 1. The molecular weight excluding hydrogens is 251 g/mol. The van der Waals surface area contributed by atoms with E-state index in [9.17, 15) is 9.50 Å². The van der Waals surface area contributed by atoms with Crippen molar-refractivity contribution in [2.24, 2.45) is 0 Å². The highest BCUT2D eigenvalue weighted by molar-refractivity contribution is 5.50. The van der Waals surface area contributed by atoms with Crippen molar-refractivity contribution in [2.45, 2.75) is 39.2 Å². The first-order valence-electron chi connectivity index (χ1n) is 7.02. The van der Waals surface area contributed by atoms with Gasteiger partial charge in [0.05, 0.1) is 0 Å². The Morgan fingerprint density at radius 1 is 1.00 bits per heavy atom. The highest BCUT2D eigenvalue weighted by Crippen LogP contribution is 2.44. The summed E-state index contributed by atoms with van der Waals surface area (Å²) in [5, 5.41) is 11.2. The molecule has 0 saturated heterocycles. The lowest BCUT2D eigenvalue weighted by atomic mass is 9.83. The Kier molecular flexibility index (Phi) is 2.94. The SMILES string of the molecule is Cc1cc(C)c(C2(O)CCc3c(F)cccc32)cc1C. The van der Waals surface area contributed by atoms with Crippen LogP contribution in [0.15, 0.2) is 30.3 Å². The zero-order valence-electron chi connectivity index (χ0n) is 12.1. The second-order valence-electron chi connectivity index (χ2n) is 5.88. The zero-order chi connectivity index (χ0) is 14.5. The summed E-state index contributed by atoms with van der Waals surface area (Å²) in [4.78, 5) is 0. The number of aryl methyl sites for hydroxylation is 3. The van der Waals surface area contributed by atoms with Gasteiger partial charge < -0.3 is 5.11 Å². The molecule has 1 aliphatic carbocycles. The number of halogens is 1. The van der Waals surface area contributed by atoms with Gasteiger partial charge in [0.15, 0.2) is 0 Å². The van der Waals surface area contributed by atoms with Gasteiger partial charge in [-0.2, -0.15) is 0 Å². The molecule has 1 aliphatic rings. The summed E-state index contributed by atoms with van der Waals surface area (Å²) in [6, 6.07) is 9.14. The fourth-order valence-electron chi connectivity index (χ4n) is 3.33. The van der Waals surface area contributed by atoms with Crippen molar-refractivity contribution in [2.75, 3.05) is 0 Å². The van der Waals surface area contributed by atoms with Crippen molar-refractivity contribution in [3.05, 3.63) is 69.5 Å². The van der Waals surface area contributed by atoms with Gasteiger partial charge in [0.2, 0.25) is 0 Å². The van der Waals surface area contributed by atoms with Gasteiger partial charge in [-0.15, -0.1) is 0 Å². The molecule has 0 bridgehead atoms. The molecule has 1 nitrogen and oxygen atoms in total. The molecule has 3 rings (SSSR count). The molecule has 0 heterocycles. The molecule has 0 spiro atoms. The molecule has 0 aromatic heterocycles. The van der Waals surface area contributed by atoms with Gasteiger partial charge in [-0.25, -0.2) is 4.39 Å². The van der Waals surface area contributed by atoms with Gasteiger partial charge in [0.1, 0.15) is 11.4 Å². The molecule has 0 amide bonds. The molecule has 0 aliphatic heterocycles. The first-order valence-corrected chi connectivity index (χ1v) is 7.02. The van der Waals surface area contributed by atoms with Gasteiger partial charge in [0.25, 0.3) is 0 Å². The van der Waals surface area contributed by atoms with Crippen LogP contribution in [0.1, 0.15) is 39.8 Å². The molecule has 2 aromatic rings. The van der Waals surface area contributed by atoms with Gasteiger partial charge in [0, 0.05) is 0 Å². The van der Waals surface area contributed by atoms with Gasteiger partial charge in [-0.3, -0.25) is 0 Å². The molecule has 1 atom stereocenters. The van der Waals surface area contributed by atoms with E-state index < -0.39 is 5.60 Å². The van der Waals surface area contributed by atoms with Crippen LogP contribution in [0.2, 0.25) is 0 Å². The summed E-state index contributed by atoms with van der Waals surface area (Å²) in [5.74, 6) is -0.208. The number of aliphatic hydroxyl groups is 1. The zero-order valence-corrected chi connectivity index (χ0v) is 12.1. The number of hydrogen-bond acceptors (Lipinski definition) is 1. The minimum absolute atomic E-state index is 0.208. The largest absolute Gasteiger partial charge is 0.380 e. The van der Waals surface area contributed by atoms with Gasteiger partial charge in [-0.1, -0.05) is 24.3 Å². The lowest BCUT2D eigenvalue weighted by Gasteiger charge is -2.27. The topological polar surface area (TPSA) is 20.2 Å². The monoisotopic (exact) mass is 270 g/mol. The first kappa shape index (κ1) is 13.3.